The summed E-state index contributed by atoms with van der Waals surface area (Å²) in [4.78, 5) is 11.3. The van der Waals surface area contributed by atoms with Gasteiger partial charge in [0, 0.05) is 11.1 Å². The summed E-state index contributed by atoms with van der Waals surface area (Å²) >= 11 is 5.73. The van der Waals surface area contributed by atoms with Crippen LogP contribution in [0.3, 0.4) is 0 Å². The number of primary sulfonamides is 1. The molecule has 0 radical (unpaired) electrons. The molecular weight excluding hydrogens is 319 g/mol. The number of hydrogen-bond donors (Lipinski definition) is 2. The van der Waals surface area contributed by atoms with Gasteiger partial charge in [0.15, 0.2) is 5.82 Å². The number of carbonyl (C=O) groups excluding carboxylic acids is 1. The SMILES string of the molecule is CCC(C)C(C)NC(=O)c1cc(Cl)cc(S(N)(=O)=O)c1F. The van der Waals surface area contributed by atoms with Crippen LogP contribution in [0.4, 0.5) is 4.39 Å². The van der Waals surface area contributed by atoms with E-state index in [0.29, 0.717) is 0 Å². The van der Waals surface area contributed by atoms with Crippen LogP contribution in [0.15, 0.2) is 17.0 Å². The highest BCUT2D eigenvalue weighted by atomic mass is 35.5. The van der Waals surface area contributed by atoms with Gasteiger partial charge in [-0.05, 0) is 25.0 Å². The van der Waals surface area contributed by atoms with Crippen molar-refractivity contribution in [3.05, 3.63) is 28.5 Å². The van der Waals surface area contributed by atoms with Gasteiger partial charge in [0.1, 0.15) is 4.90 Å². The molecule has 1 amide bonds. The first-order valence-electron chi connectivity index (χ1n) is 6.40. The number of sulfonamides is 1. The first-order valence-corrected chi connectivity index (χ1v) is 8.33. The summed E-state index contributed by atoms with van der Waals surface area (Å²) in [6, 6.07) is 1.75. The summed E-state index contributed by atoms with van der Waals surface area (Å²) in [5, 5.41) is 7.45. The van der Waals surface area contributed by atoms with E-state index in [9.17, 15) is 17.6 Å². The molecule has 0 bridgehead atoms. The van der Waals surface area contributed by atoms with Gasteiger partial charge in [0.2, 0.25) is 10.0 Å². The van der Waals surface area contributed by atoms with Gasteiger partial charge in [-0.3, -0.25) is 4.79 Å². The molecule has 118 valence electrons. The van der Waals surface area contributed by atoms with Gasteiger partial charge in [-0.25, -0.2) is 17.9 Å². The van der Waals surface area contributed by atoms with Crippen molar-refractivity contribution in [1.82, 2.24) is 5.32 Å². The predicted molar refractivity (Wildman–Crippen MR) is 79.2 cm³/mol. The molecule has 0 saturated heterocycles. The quantitative estimate of drug-likeness (QED) is 0.864. The van der Waals surface area contributed by atoms with Crippen LogP contribution in [-0.2, 0) is 10.0 Å². The molecule has 8 heteroatoms. The Hall–Kier alpha value is -1.18. The van der Waals surface area contributed by atoms with Crippen LogP contribution in [-0.4, -0.2) is 20.4 Å². The molecule has 2 unspecified atom stereocenters. The number of rotatable bonds is 5. The number of carbonyl (C=O) groups is 1. The lowest BCUT2D eigenvalue weighted by Gasteiger charge is -2.20. The van der Waals surface area contributed by atoms with Crippen molar-refractivity contribution in [1.29, 1.82) is 0 Å². The van der Waals surface area contributed by atoms with Gasteiger partial charge in [0.05, 0.1) is 5.56 Å². The summed E-state index contributed by atoms with van der Waals surface area (Å²) in [5.74, 6) is -1.74. The number of halogens is 2. The lowest BCUT2D eigenvalue weighted by Crippen LogP contribution is -2.37. The molecule has 5 nitrogen and oxygen atoms in total. The van der Waals surface area contributed by atoms with Crippen molar-refractivity contribution < 1.29 is 17.6 Å². The third-order valence-corrected chi connectivity index (χ3v) is 4.54. The molecule has 1 aromatic rings. The number of benzene rings is 1. The van der Waals surface area contributed by atoms with Crippen molar-refractivity contribution in [2.45, 2.75) is 38.1 Å². The second kappa shape index (κ2) is 6.72. The normalized spacial score (nSPS) is 14.6. The zero-order valence-electron chi connectivity index (χ0n) is 12.0. The van der Waals surface area contributed by atoms with Gasteiger partial charge in [-0.2, -0.15) is 0 Å². The molecule has 0 aliphatic carbocycles. The fourth-order valence-corrected chi connectivity index (χ4v) is 2.65. The summed E-state index contributed by atoms with van der Waals surface area (Å²) in [6.07, 6.45) is 0.835. The maximum absolute atomic E-state index is 14.2. The fourth-order valence-electron chi connectivity index (χ4n) is 1.72. The van der Waals surface area contributed by atoms with Crippen molar-refractivity contribution in [3.8, 4) is 0 Å². The molecule has 2 atom stereocenters. The number of hydrogen-bond acceptors (Lipinski definition) is 3. The zero-order chi connectivity index (χ0) is 16.4. The Bertz CT molecular complexity index is 649. The third kappa shape index (κ3) is 4.39. The highest BCUT2D eigenvalue weighted by molar-refractivity contribution is 7.89. The maximum atomic E-state index is 14.2. The maximum Gasteiger partial charge on any atom is 0.254 e. The molecule has 3 N–H and O–H groups in total. The van der Waals surface area contributed by atoms with E-state index in [-0.39, 0.29) is 17.0 Å². The average molecular weight is 337 g/mol. The van der Waals surface area contributed by atoms with E-state index in [1.807, 2.05) is 13.8 Å². The molecule has 0 saturated carbocycles. The number of amides is 1. The number of nitrogens with two attached hydrogens (primary N) is 1. The molecule has 1 rings (SSSR count). The van der Waals surface area contributed by atoms with E-state index in [2.05, 4.69) is 5.32 Å². The van der Waals surface area contributed by atoms with Crippen LogP contribution in [0.2, 0.25) is 5.02 Å². The Balaban J connectivity index is 3.20. The molecule has 0 aromatic heterocycles. The Morgan fingerprint density at radius 3 is 2.48 bits per heavy atom. The average Bonchev–Trinajstić information content (AvgIpc) is 2.38. The highest BCUT2D eigenvalue weighted by Crippen LogP contribution is 2.23. The minimum absolute atomic E-state index is 0.0817. The predicted octanol–water partition coefficient (Wildman–Crippen LogP) is 2.29. The summed E-state index contributed by atoms with van der Waals surface area (Å²) < 4.78 is 36.8. The van der Waals surface area contributed by atoms with Crippen LogP contribution in [0.1, 0.15) is 37.6 Å². The Morgan fingerprint density at radius 1 is 1.43 bits per heavy atom. The monoisotopic (exact) mass is 336 g/mol. The van der Waals surface area contributed by atoms with E-state index in [1.54, 1.807) is 6.92 Å². The van der Waals surface area contributed by atoms with Gasteiger partial charge in [-0.1, -0.05) is 31.9 Å². The summed E-state index contributed by atoms with van der Waals surface area (Å²) in [5.41, 5.74) is -0.443. The molecule has 0 aliphatic heterocycles. The second-order valence-electron chi connectivity index (χ2n) is 4.96. The Morgan fingerprint density at radius 2 is 2.00 bits per heavy atom. The first kappa shape index (κ1) is 17.9. The van der Waals surface area contributed by atoms with Crippen molar-refractivity contribution >= 4 is 27.5 Å². The molecule has 0 aliphatic rings. The standard InChI is InChI=1S/C13H18ClFN2O3S/c1-4-7(2)8(3)17-13(18)10-5-9(14)6-11(12(10)15)21(16,19)20/h5-8H,4H2,1-3H3,(H,17,18)(H2,16,19,20). The highest BCUT2D eigenvalue weighted by Gasteiger charge is 2.24. The van der Waals surface area contributed by atoms with E-state index in [1.165, 1.54) is 0 Å². The van der Waals surface area contributed by atoms with E-state index in [0.717, 1.165) is 18.6 Å². The van der Waals surface area contributed by atoms with E-state index < -0.39 is 32.2 Å². The van der Waals surface area contributed by atoms with Gasteiger partial charge >= 0.3 is 0 Å². The molecular formula is C13H18ClFN2O3S. The first-order chi connectivity index (χ1) is 9.57. The smallest absolute Gasteiger partial charge is 0.254 e. The minimum Gasteiger partial charge on any atom is -0.349 e. The zero-order valence-corrected chi connectivity index (χ0v) is 13.6. The minimum atomic E-state index is -4.30. The topological polar surface area (TPSA) is 89.3 Å². The van der Waals surface area contributed by atoms with Crippen molar-refractivity contribution in [2.24, 2.45) is 11.1 Å². The fraction of sp³-hybridized carbons (Fsp3) is 0.462. The summed E-state index contributed by atoms with van der Waals surface area (Å²) in [7, 11) is -4.30. The lowest BCUT2D eigenvalue weighted by molar-refractivity contribution is 0.0923. The summed E-state index contributed by atoms with van der Waals surface area (Å²) in [6.45, 7) is 5.69. The molecule has 0 spiro atoms. The van der Waals surface area contributed by atoms with Crippen LogP contribution in [0, 0.1) is 11.7 Å². The van der Waals surface area contributed by atoms with E-state index in [4.69, 9.17) is 16.7 Å². The number of nitrogens with one attached hydrogen (secondary N) is 1. The van der Waals surface area contributed by atoms with E-state index >= 15 is 0 Å². The third-order valence-electron chi connectivity index (χ3n) is 3.41. The van der Waals surface area contributed by atoms with Crippen molar-refractivity contribution in [2.75, 3.05) is 0 Å². The van der Waals surface area contributed by atoms with Gasteiger partial charge in [0.25, 0.3) is 5.91 Å². The van der Waals surface area contributed by atoms with Crippen LogP contribution < -0.4 is 10.5 Å². The van der Waals surface area contributed by atoms with Crippen LogP contribution in [0.5, 0.6) is 0 Å². The molecule has 1 aromatic carbocycles. The Kier molecular flexibility index (Phi) is 5.72. The Labute approximate surface area is 128 Å². The molecule has 21 heavy (non-hydrogen) atoms. The van der Waals surface area contributed by atoms with Crippen LogP contribution in [0.25, 0.3) is 0 Å². The van der Waals surface area contributed by atoms with Gasteiger partial charge in [-0.15, -0.1) is 0 Å². The van der Waals surface area contributed by atoms with Crippen molar-refractivity contribution in [3.63, 3.8) is 0 Å². The second-order valence-corrected chi connectivity index (χ2v) is 6.92. The van der Waals surface area contributed by atoms with Gasteiger partial charge < -0.3 is 5.32 Å². The largest absolute Gasteiger partial charge is 0.349 e. The molecule has 0 heterocycles. The van der Waals surface area contributed by atoms with Crippen LogP contribution >= 0.6 is 11.6 Å². The molecule has 0 fully saturated rings. The lowest BCUT2D eigenvalue weighted by atomic mass is 10.0.